The molecule has 2 aliphatic rings. The Balaban J connectivity index is 2.03. The van der Waals surface area contributed by atoms with Gasteiger partial charge >= 0.3 is 0 Å². The highest BCUT2D eigenvalue weighted by Gasteiger charge is 2.45. The molecule has 19 heavy (non-hydrogen) atoms. The van der Waals surface area contributed by atoms with Crippen molar-refractivity contribution in [3.05, 3.63) is 0 Å². The summed E-state index contributed by atoms with van der Waals surface area (Å²) in [6.07, 6.45) is 11.9. The molecule has 2 rings (SSSR count). The Morgan fingerprint density at radius 3 is 2.32 bits per heavy atom. The minimum absolute atomic E-state index is 0.0532. The van der Waals surface area contributed by atoms with Crippen molar-refractivity contribution in [2.24, 2.45) is 5.92 Å². The summed E-state index contributed by atoms with van der Waals surface area (Å²) in [4.78, 5) is 15.5. The first-order valence-corrected chi connectivity index (χ1v) is 8.47. The van der Waals surface area contributed by atoms with E-state index >= 15 is 0 Å². The van der Waals surface area contributed by atoms with Gasteiger partial charge < -0.3 is 0 Å². The molecule has 1 aliphatic heterocycles. The fourth-order valence-corrected chi connectivity index (χ4v) is 4.15. The molecule has 1 heterocycles. The zero-order chi connectivity index (χ0) is 13.7. The molecule has 1 saturated carbocycles. The Morgan fingerprint density at radius 1 is 1.11 bits per heavy atom. The number of carbonyl (C=O) groups excluding carboxylic acids is 1. The van der Waals surface area contributed by atoms with Crippen LogP contribution in [-0.4, -0.2) is 29.3 Å². The minimum atomic E-state index is -0.0532. The van der Waals surface area contributed by atoms with Crippen LogP contribution in [0.3, 0.4) is 0 Å². The van der Waals surface area contributed by atoms with Gasteiger partial charge in [-0.2, -0.15) is 0 Å². The third kappa shape index (κ3) is 3.39. The van der Waals surface area contributed by atoms with Crippen molar-refractivity contribution in [1.82, 2.24) is 4.90 Å². The summed E-state index contributed by atoms with van der Waals surface area (Å²) in [7, 11) is 0. The number of rotatable bonds is 6. The highest BCUT2D eigenvalue weighted by molar-refractivity contribution is 5.89. The normalized spacial score (nSPS) is 25.4. The lowest BCUT2D eigenvalue weighted by molar-refractivity contribution is -0.133. The largest absolute Gasteiger partial charge is 0.298 e. The molecular weight excluding hydrogens is 234 g/mol. The van der Waals surface area contributed by atoms with Crippen molar-refractivity contribution in [3.8, 4) is 0 Å². The van der Waals surface area contributed by atoms with E-state index in [1.54, 1.807) is 0 Å². The molecule has 110 valence electrons. The molecule has 1 saturated heterocycles. The lowest BCUT2D eigenvalue weighted by Gasteiger charge is -2.43. The Morgan fingerprint density at radius 2 is 1.74 bits per heavy atom. The first-order chi connectivity index (χ1) is 9.19. The molecule has 0 radical (unpaired) electrons. The van der Waals surface area contributed by atoms with Gasteiger partial charge in [0.1, 0.15) is 0 Å². The smallest absolute Gasteiger partial charge is 0.153 e. The van der Waals surface area contributed by atoms with E-state index in [-0.39, 0.29) is 5.54 Å². The van der Waals surface area contributed by atoms with Gasteiger partial charge in [-0.05, 0) is 44.7 Å². The molecule has 0 amide bonds. The molecule has 0 aromatic carbocycles. The quantitative estimate of drug-likeness (QED) is 0.718. The number of hydrogen-bond donors (Lipinski definition) is 0. The highest BCUT2D eigenvalue weighted by atomic mass is 16.1. The van der Waals surface area contributed by atoms with Crippen LogP contribution in [0.5, 0.6) is 0 Å². The third-order valence-electron chi connectivity index (χ3n) is 5.23. The van der Waals surface area contributed by atoms with E-state index in [0.29, 0.717) is 11.7 Å². The molecule has 0 aromatic rings. The molecule has 1 atom stereocenters. The molecule has 2 nitrogen and oxygen atoms in total. The molecule has 2 heteroatoms. The van der Waals surface area contributed by atoms with Gasteiger partial charge in [0.25, 0.3) is 0 Å². The van der Waals surface area contributed by atoms with Gasteiger partial charge in [-0.3, -0.25) is 9.69 Å². The van der Waals surface area contributed by atoms with Gasteiger partial charge in [-0.15, -0.1) is 0 Å². The first-order valence-electron chi connectivity index (χ1n) is 8.47. The molecule has 0 bridgehead atoms. The first kappa shape index (κ1) is 15.0. The average molecular weight is 265 g/mol. The van der Waals surface area contributed by atoms with Gasteiger partial charge in [0, 0.05) is 6.42 Å². The van der Waals surface area contributed by atoms with Crippen molar-refractivity contribution < 1.29 is 4.79 Å². The maximum Gasteiger partial charge on any atom is 0.153 e. The van der Waals surface area contributed by atoms with Gasteiger partial charge in [0.2, 0.25) is 0 Å². The monoisotopic (exact) mass is 265 g/mol. The SMILES string of the molecule is CCCC(C)CC(=O)C1(N2CCCCC2)CCCC1. The van der Waals surface area contributed by atoms with Gasteiger partial charge in [0.15, 0.2) is 5.78 Å². The van der Waals surface area contributed by atoms with E-state index in [4.69, 9.17) is 0 Å². The van der Waals surface area contributed by atoms with E-state index in [9.17, 15) is 4.79 Å². The summed E-state index contributed by atoms with van der Waals surface area (Å²) in [6.45, 7) is 6.79. The zero-order valence-corrected chi connectivity index (χ0v) is 12.9. The number of piperidine rings is 1. The van der Waals surface area contributed by atoms with Crippen LogP contribution < -0.4 is 0 Å². The zero-order valence-electron chi connectivity index (χ0n) is 12.9. The van der Waals surface area contributed by atoms with E-state index in [1.165, 1.54) is 44.9 Å². The van der Waals surface area contributed by atoms with Crippen LogP contribution >= 0.6 is 0 Å². The third-order valence-corrected chi connectivity index (χ3v) is 5.23. The summed E-state index contributed by atoms with van der Waals surface area (Å²) >= 11 is 0. The molecule has 0 aromatic heterocycles. The summed E-state index contributed by atoms with van der Waals surface area (Å²) < 4.78 is 0. The van der Waals surface area contributed by atoms with Gasteiger partial charge in [-0.1, -0.05) is 46.0 Å². The number of nitrogens with zero attached hydrogens (tertiary/aromatic N) is 1. The summed E-state index contributed by atoms with van der Waals surface area (Å²) in [6, 6.07) is 0. The highest BCUT2D eigenvalue weighted by Crippen LogP contribution is 2.39. The number of hydrogen-bond acceptors (Lipinski definition) is 2. The second-order valence-corrected chi connectivity index (χ2v) is 6.81. The Bertz CT molecular complexity index is 288. The standard InChI is InChI=1S/C17H31NO/c1-3-9-15(2)14-16(19)17(10-5-6-11-17)18-12-7-4-8-13-18/h15H,3-14H2,1-2H3. The summed E-state index contributed by atoms with van der Waals surface area (Å²) in [5.74, 6) is 1.13. The van der Waals surface area contributed by atoms with Crippen molar-refractivity contribution >= 4 is 5.78 Å². The van der Waals surface area contributed by atoms with Crippen molar-refractivity contribution in [1.29, 1.82) is 0 Å². The minimum Gasteiger partial charge on any atom is -0.298 e. The van der Waals surface area contributed by atoms with Crippen LogP contribution in [0.15, 0.2) is 0 Å². The van der Waals surface area contributed by atoms with E-state index in [1.807, 2.05) is 0 Å². The Hall–Kier alpha value is -0.370. The van der Waals surface area contributed by atoms with Gasteiger partial charge in [0.05, 0.1) is 5.54 Å². The van der Waals surface area contributed by atoms with Crippen LogP contribution in [-0.2, 0) is 4.79 Å². The van der Waals surface area contributed by atoms with Crippen LogP contribution in [0.25, 0.3) is 0 Å². The van der Waals surface area contributed by atoms with Crippen molar-refractivity contribution in [2.75, 3.05) is 13.1 Å². The lowest BCUT2D eigenvalue weighted by atomic mass is 9.83. The molecule has 0 N–H and O–H groups in total. The number of ketones is 1. The number of Topliss-reactive ketones (excluding diaryl/α,β-unsaturated/α-hetero) is 1. The van der Waals surface area contributed by atoms with E-state index in [2.05, 4.69) is 18.7 Å². The number of carbonyl (C=O) groups is 1. The predicted octanol–water partition coefficient (Wildman–Crippen LogP) is 4.18. The maximum absolute atomic E-state index is 12.9. The molecule has 1 aliphatic carbocycles. The topological polar surface area (TPSA) is 20.3 Å². The fraction of sp³-hybridized carbons (Fsp3) is 0.941. The van der Waals surface area contributed by atoms with Crippen molar-refractivity contribution in [3.63, 3.8) is 0 Å². The van der Waals surface area contributed by atoms with Crippen LogP contribution in [0, 0.1) is 5.92 Å². The average Bonchev–Trinajstić information content (AvgIpc) is 2.90. The van der Waals surface area contributed by atoms with Crippen LogP contribution in [0.4, 0.5) is 0 Å². The van der Waals surface area contributed by atoms with Crippen LogP contribution in [0.2, 0.25) is 0 Å². The summed E-state index contributed by atoms with van der Waals surface area (Å²) in [5, 5.41) is 0. The molecular formula is C17H31NO. The van der Waals surface area contributed by atoms with E-state index in [0.717, 1.165) is 32.4 Å². The fourth-order valence-electron chi connectivity index (χ4n) is 4.15. The molecule has 2 fully saturated rings. The maximum atomic E-state index is 12.9. The predicted molar refractivity (Wildman–Crippen MR) is 80.3 cm³/mol. The van der Waals surface area contributed by atoms with E-state index < -0.39 is 0 Å². The summed E-state index contributed by atoms with van der Waals surface area (Å²) in [5.41, 5.74) is -0.0532. The molecule has 0 spiro atoms. The second-order valence-electron chi connectivity index (χ2n) is 6.81. The lowest BCUT2D eigenvalue weighted by Crippen LogP contribution is -2.54. The Kier molecular flexibility index (Phi) is 5.44. The second kappa shape index (κ2) is 6.88. The number of likely N-dealkylation sites (tertiary alicyclic amines) is 1. The van der Waals surface area contributed by atoms with Crippen LogP contribution in [0.1, 0.15) is 78.1 Å². The molecule has 1 unspecified atom stereocenters. The van der Waals surface area contributed by atoms with Gasteiger partial charge in [-0.25, -0.2) is 0 Å². The Labute approximate surface area is 118 Å². The van der Waals surface area contributed by atoms with Crippen molar-refractivity contribution in [2.45, 2.75) is 83.6 Å².